The number of rotatable bonds is 3. The standard InChI is InChI=1S/C19H18N4O3/c1-10-16(17-14(24)4-3-5-15(17)26-10)19(25)21-13-8-6-12(7-9-13)18-20-11(2)22-23-18/h6-9H,3-5H2,1-2H3,(H,21,25)(H,20,22,23). The van der Waals surface area contributed by atoms with Gasteiger partial charge in [-0.15, -0.1) is 0 Å². The summed E-state index contributed by atoms with van der Waals surface area (Å²) in [5.74, 6) is 2.09. The molecule has 0 atom stereocenters. The maximum Gasteiger partial charge on any atom is 0.259 e. The number of aryl methyl sites for hydroxylation is 3. The molecule has 2 N–H and O–H groups in total. The normalized spacial score (nSPS) is 13.5. The van der Waals surface area contributed by atoms with E-state index in [1.165, 1.54) is 0 Å². The fourth-order valence-corrected chi connectivity index (χ4v) is 3.25. The van der Waals surface area contributed by atoms with Crippen molar-refractivity contribution in [1.82, 2.24) is 15.2 Å². The summed E-state index contributed by atoms with van der Waals surface area (Å²) in [5.41, 5.74) is 2.26. The van der Waals surface area contributed by atoms with E-state index >= 15 is 0 Å². The van der Waals surface area contributed by atoms with Crippen LogP contribution < -0.4 is 5.32 Å². The Bertz CT molecular complexity index is 998. The molecule has 7 nitrogen and oxygen atoms in total. The second-order valence-electron chi connectivity index (χ2n) is 6.38. The molecule has 1 aliphatic rings. The third-order valence-electron chi connectivity index (χ3n) is 4.47. The van der Waals surface area contributed by atoms with Gasteiger partial charge >= 0.3 is 0 Å². The number of fused-ring (bicyclic) bond motifs is 1. The van der Waals surface area contributed by atoms with Crippen LogP contribution in [0.5, 0.6) is 0 Å². The highest BCUT2D eigenvalue weighted by Crippen LogP contribution is 2.30. The van der Waals surface area contributed by atoms with Crippen LogP contribution in [0, 0.1) is 13.8 Å². The Hall–Kier alpha value is -3.22. The number of anilines is 1. The van der Waals surface area contributed by atoms with E-state index in [4.69, 9.17) is 4.42 Å². The van der Waals surface area contributed by atoms with Crippen molar-refractivity contribution in [1.29, 1.82) is 0 Å². The van der Waals surface area contributed by atoms with E-state index in [-0.39, 0.29) is 11.7 Å². The maximum atomic E-state index is 12.7. The summed E-state index contributed by atoms with van der Waals surface area (Å²) in [6, 6.07) is 7.23. The van der Waals surface area contributed by atoms with Gasteiger partial charge in [-0.1, -0.05) is 0 Å². The largest absolute Gasteiger partial charge is 0.465 e. The van der Waals surface area contributed by atoms with Crippen LogP contribution >= 0.6 is 0 Å². The first kappa shape index (κ1) is 16.3. The summed E-state index contributed by atoms with van der Waals surface area (Å²) in [6.07, 6.45) is 1.92. The third-order valence-corrected chi connectivity index (χ3v) is 4.47. The van der Waals surface area contributed by atoms with Crippen LogP contribution in [0.3, 0.4) is 0 Å². The molecule has 2 aromatic heterocycles. The topological polar surface area (TPSA) is 101 Å². The molecule has 0 unspecified atom stereocenters. The molecule has 26 heavy (non-hydrogen) atoms. The predicted octanol–water partition coefficient (Wildman–Crippen LogP) is 3.45. The first-order chi connectivity index (χ1) is 12.5. The van der Waals surface area contributed by atoms with E-state index in [1.807, 2.05) is 19.1 Å². The zero-order valence-electron chi connectivity index (χ0n) is 14.5. The van der Waals surface area contributed by atoms with Crippen molar-refractivity contribution in [2.45, 2.75) is 33.1 Å². The molecular weight excluding hydrogens is 332 g/mol. The molecule has 0 spiro atoms. The number of aromatic amines is 1. The Kier molecular flexibility index (Phi) is 3.91. The van der Waals surface area contributed by atoms with Crippen molar-refractivity contribution in [2.75, 3.05) is 5.32 Å². The van der Waals surface area contributed by atoms with Crippen molar-refractivity contribution in [3.05, 3.63) is 52.7 Å². The monoisotopic (exact) mass is 350 g/mol. The van der Waals surface area contributed by atoms with Gasteiger partial charge in [0.2, 0.25) is 0 Å². The summed E-state index contributed by atoms with van der Waals surface area (Å²) in [4.78, 5) is 29.2. The van der Waals surface area contributed by atoms with E-state index in [2.05, 4.69) is 20.5 Å². The molecule has 0 radical (unpaired) electrons. The van der Waals surface area contributed by atoms with E-state index < -0.39 is 0 Å². The number of H-pyrrole nitrogens is 1. The Balaban J connectivity index is 1.57. The number of hydrogen-bond donors (Lipinski definition) is 2. The lowest BCUT2D eigenvalue weighted by molar-refractivity contribution is 0.0955. The number of benzene rings is 1. The van der Waals surface area contributed by atoms with Gasteiger partial charge in [-0.25, -0.2) is 4.98 Å². The highest BCUT2D eigenvalue weighted by atomic mass is 16.3. The molecule has 0 bridgehead atoms. The Morgan fingerprint density at radius 1 is 1.19 bits per heavy atom. The van der Waals surface area contributed by atoms with Crippen LogP contribution in [0.2, 0.25) is 0 Å². The van der Waals surface area contributed by atoms with Gasteiger partial charge in [-0.2, -0.15) is 5.10 Å². The van der Waals surface area contributed by atoms with Crippen molar-refractivity contribution < 1.29 is 14.0 Å². The van der Waals surface area contributed by atoms with Crippen molar-refractivity contribution in [3.63, 3.8) is 0 Å². The van der Waals surface area contributed by atoms with Crippen LogP contribution in [0.4, 0.5) is 5.69 Å². The second-order valence-corrected chi connectivity index (χ2v) is 6.38. The van der Waals surface area contributed by atoms with Crippen LogP contribution in [0.15, 0.2) is 28.7 Å². The average Bonchev–Trinajstić information content (AvgIpc) is 3.19. The minimum absolute atomic E-state index is 0.0245. The lowest BCUT2D eigenvalue weighted by Gasteiger charge is -2.10. The molecule has 0 aliphatic heterocycles. The highest BCUT2D eigenvalue weighted by Gasteiger charge is 2.30. The summed E-state index contributed by atoms with van der Waals surface area (Å²) in [7, 11) is 0. The fourth-order valence-electron chi connectivity index (χ4n) is 3.25. The van der Waals surface area contributed by atoms with Crippen molar-refractivity contribution in [3.8, 4) is 11.4 Å². The third kappa shape index (κ3) is 2.81. The number of carbonyl (C=O) groups is 2. The van der Waals surface area contributed by atoms with E-state index in [1.54, 1.807) is 19.1 Å². The molecule has 0 fully saturated rings. The van der Waals surface area contributed by atoms with Crippen molar-refractivity contribution in [2.24, 2.45) is 0 Å². The van der Waals surface area contributed by atoms with Gasteiger partial charge in [0.1, 0.15) is 17.3 Å². The zero-order chi connectivity index (χ0) is 18.3. The number of nitrogens with one attached hydrogen (secondary N) is 2. The van der Waals surface area contributed by atoms with Crippen LogP contribution in [-0.2, 0) is 6.42 Å². The number of furan rings is 1. The van der Waals surface area contributed by atoms with Crippen LogP contribution in [0.25, 0.3) is 11.4 Å². The molecule has 3 aromatic rings. The lowest BCUT2D eigenvalue weighted by Crippen LogP contribution is -2.18. The number of carbonyl (C=O) groups excluding carboxylic acids is 2. The maximum absolute atomic E-state index is 12.7. The second kappa shape index (κ2) is 6.25. The summed E-state index contributed by atoms with van der Waals surface area (Å²) < 4.78 is 5.64. The minimum Gasteiger partial charge on any atom is -0.465 e. The first-order valence-electron chi connectivity index (χ1n) is 8.49. The molecular formula is C19H18N4O3. The smallest absolute Gasteiger partial charge is 0.259 e. The van der Waals surface area contributed by atoms with E-state index in [0.717, 1.165) is 17.8 Å². The van der Waals surface area contributed by atoms with Gasteiger partial charge in [0, 0.05) is 24.1 Å². The number of ketones is 1. The molecule has 1 amide bonds. The predicted molar refractivity (Wildman–Crippen MR) is 95.2 cm³/mol. The molecule has 1 aromatic carbocycles. The number of hydrogen-bond acceptors (Lipinski definition) is 5. The summed E-state index contributed by atoms with van der Waals surface area (Å²) in [5, 5.41) is 9.75. The molecule has 0 saturated carbocycles. The Morgan fingerprint density at radius 2 is 1.96 bits per heavy atom. The molecule has 7 heteroatoms. The lowest BCUT2D eigenvalue weighted by atomic mass is 9.93. The van der Waals surface area contributed by atoms with Crippen LogP contribution in [0.1, 0.15) is 50.9 Å². The van der Waals surface area contributed by atoms with Gasteiger partial charge < -0.3 is 9.73 Å². The van der Waals surface area contributed by atoms with Gasteiger partial charge in [0.15, 0.2) is 11.6 Å². The first-order valence-corrected chi connectivity index (χ1v) is 8.49. The van der Waals surface area contributed by atoms with Gasteiger partial charge in [0.25, 0.3) is 5.91 Å². The van der Waals surface area contributed by atoms with E-state index in [0.29, 0.717) is 47.0 Å². The molecule has 4 rings (SSSR count). The number of amides is 1. The van der Waals surface area contributed by atoms with Gasteiger partial charge in [-0.05, 0) is 44.5 Å². The van der Waals surface area contributed by atoms with Crippen molar-refractivity contribution >= 4 is 17.4 Å². The minimum atomic E-state index is -0.329. The zero-order valence-corrected chi connectivity index (χ0v) is 14.5. The quantitative estimate of drug-likeness (QED) is 0.753. The van der Waals surface area contributed by atoms with Crippen LogP contribution in [-0.4, -0.2) is 26.9 Å². The number of nitrogens with zero attached hydrogens (tertiary/aromatic N) is 2. The fraction of sp³-hybridized carbons (Fsp3) is 0.263. The Labute approximate surface area is 149 Å². The summed E-state index contributed by atoms with van der Waals surface area (Å²) in [6.45, 7) is 3.55. The van der Waals surface area contributed by atoms with E-state index in [9.17, 15) is 9.59 Å². The molecule has 0 saturated heterocycles. The van der Waals surface area contributed by atoms with Gasteiger partial charge in [-0.3, -0.25) is 14.7 Å². The number of Topliss-reactive ketones (excluding diaryl/α,β-unsaturated/α-hetero) is 1. The average molecular weight is 350 g/mol. The SMILES string of the molecule is Cc1nc(-c2ccc(NC(=O)c3c(C)oc4c3C(=O)CCC4)cc2)n[nH]1. The molecule has 1 aliphatic carbocycles. The number of aromatic nitrogens is 3. The van der Waals surface area contributed by atoms with Gasteiger partial charge in [0.05, 0.1) is 11.1 Å². The highest BCUT2D eigenvalue weighted by molar-refractivity contribution is 6.14. The summed E-state index contributed by atoms with van der Waals surface area (Å²) >= 11 is 0. The Morgan fingerprint density at radius 3 is 2.65 bits per heavy atom. The molecule has 2 heterocycles. The molecule has 132 valence electrons.